The molecule has 0 radical (unpaired) electrons. The van der Waals surface area contributed by atoms with E-state index in [1.54, 1.807) is 17.5 Å². The molecule has 166 valence electrons. The lowest BCUT2D eigenvalue weighted by Gasteiger charge is -2.37. The molecular weight excluding hydrogens is 456 g/mol. The van der Waals surface area contributed by atoms with Gasteiger partial charge in [-0.25, -0.2) is 9.97 Å². The van der Waals surface area contributed by atoms with Crippen molar-refractivity contribution in [2.45, 2.75) is 18.9 Å². The molecule has 10 heteroatoms. The van der Waals surface area contributed by atoms with Gasteiger partial charge in [-0.2, -0.15) is 0 Å². The van der Waals surface area contributed by atoms with Crippen LogP contribution in [0.3, 0.4) is 0 Å². The highest BCUT2D eigenvalue weighted by molar-refractivity contribution is 7.17. The highest BCUT2D eigenvalue weighted by Gasteiger charge is 2.37. The molecule has 2 N–H and O–H groups in total. The van der Waals surface area contributed by atoms with E-state index in [1.165, 1.54) is 30.7 Å². The molecule has 3 aliphatic heterocycles. The molecule has 4 aromatic rings. The Morgan fingerprint density at radius 1 is 0.970 bits per heavy atom. The quantitative estimate of drug-likeness (QED) is 0.442. The van der Waals surface area contributed by atoms with Gasteiger partial charge in [-0.15, -0.1) is 22.7 Å². The van der Waals surface area contributed by atoms with Crippen LogP contribution in [-0.2, 0) is 9.59 Å². The minimum atomic E-state index is -0.405. The fourth-order valence-electron chi connectivity index (χ4n) is 5.34. The second kappa shape index (κ2) is 7.21. The Morgan fingerprint density at radius 3 is 2.76 bits per heavy atom. The van der Waals surface area contributed by atoms with Crippen molar-refractivity contribution >= 4 is 72.0 Å². The number of amides is 2. The number of hydrogen-bond acceptors (Lipinski definition) is 8. The molecule has 4 aromatic heterocycles. The minimum absolute atomic E-state index is 0.332. The van der Waals surface area contributed by atoms with Crippen LogP contribution in [0.5, 0.6) is 0 Å². The zero-order chi connectivity index (χ0) is 22.1. The summed E-state index contributed by atoms with van der Waals surface area (Å²) in [6.45, 7) is 3.91. The lowest BCUT2D eigenvalue weighted by atomic mass is 9.98. The Balaban J connectivity index is 1.41. The average Bonchev–Trinajstić information content (AvgIpc) is 3.61. The first-order chi connectivity index (χ1) is 16.2. The summed E-state index contributed by atoms with van der Waals surface area (Å²) in [5.74, 6) is -0.150. The van der Waals surface area contributed by atoms with Crippen LogP contribution in [-0.4, -0.2) is 63.9 Å². The fourth-order valence-corrected chi connectivity index (χ4v) is 6.87. The summed E-state index contributed by atoms with van der Waals surface area (Å²) in [5.41, 5.74) is 1.97. The lowest BCUT2D eigenvalue weighted by Crippen LogP contribution is -2.50. The predicted octanol–water partition coefficient (Wildman–Crippen LogP) is 3.09. The molecule has 7 heterocycles. The van der Waals surface area contributed by atoms with E-state index >= 15 is 0 Å². The Hall–Kier alpha value is -3.08. The maximum atomic E-state index is 13.1. The number of nitrogens with one attached hydrogen (secondary N) is 2. The van der Waals surface area contributed by atoms with Gasteiger partial charge in [0.2, 0.25) is 5.95 Å². The van der Waals surface area contributed by atoms with Crippen LogP contribution in [0.15, 0.2) is 29.1 Å². The third-order valence-electron chi connectivity index (χ3n) is 6.92. The van der Waals surface area contributed by atoms with Gasteiger partial charge >= 0.3 is 0 Å². The van der Waals surface area contributed by atoms with Gasteiger partial charge in [0.15, 0.2) is 0 Å². The first kappa shape index (κ1) is 19.4. The molecule has 7 rings (SSSR count). The molecule has 2 fully saturated rings. The van der Waals surface area contributed by atoms with Crippen molar-refractivity contribution in [1.29, 1.82) is 0 Å². The third-order valence-corrected chi connectivity index (χ3v) is 8.58. The van der Waals surface area contributed by atoms with E-state index in [2.05, 4.69) is 20.1 Å². The Morgan fingerprint density at radius 2 is 1.82 bits per heavy atom. The number of nitrogens with zero attached hydrogens (tertiary/aromatic N) is 4. The monoisotopic (exact) mass is 476 g/mol. The number of thiophene rings is 2. The molecule has 0 bridgehead atoms. The van der Waals surface area contributed by atoms with E-state index in [-0.39, 0.29) is 5.91 Å². The molecule has 2 saturated heterocycles. The van der Waals surface area contributed by atoms with Crippen molar-refractivity contribution in [3.8, 4) is 0 Å². The fraction of sp³-hybridized carbons (Fsp3) is 0.304. The largest absolute Gasteiger partial charge is 0.352 e. The van der Waals surface area contributed by atoms with E-state index in [9.17, 15) is 9.59 Å². The summed E-state index contributed by atoms with van der Waals surface area (Å²) in [7, 11) is 0. The number of aromatic nitrogens is 3. The molecular formula is C23H20N6O2S2. The first-order valence-corrected chi connectivity index (χ1v) is 12.8. The standard InChI is InChI=1S/C23H20N6O2S2/c30-19-16(15-10-24-21-13(15)3-8-32-21)17(20(31)26-19)18-14-4-9-33-22(14)27-23(25-18)29-7-6-28-5-1-2-12(28)11-29/h3-4,8-10,12,24H,1-2,5-7,11H2,(H,26,30,31). The topological polar surface area (TPSA) is 94.2 Å². The molecule has 2 amide bonds. The normalized spacial score (nSPS) is 21.6. The number of H-pyrrole nitrogens is 1. The Bertz CT molecular complexity index is 1480. The van der Waals surface area contributed by atoms with Crippen LogP contribution >= 0.6 is 22.7 Å². The number of fused-ring (bicyclic) bond motifs is 3. The second-order valence-corrected chi connectivity index (χ2v) is 10.5. The van der Waals surface area contributed by atoms with Crippen molar-refractivity contribution in [2.75, 3.05) is 31.1 Å². The van der Waals surface area contributed by atoms with Crippen molar-refractivity contribution < 1.29 is 9.59 Å². The van der Waals surface area contributed by atoms with E-state index in [0.29, 0.717) is 28.8 Å². The molecule has 0 aromatic carbocycles. The third kappa shape index (κ3) is 2.91. The van der Waals surface area contributed by atoms with Crippen molar-refractivity contribution in [1.82, 2.24) is 25.2 Å². The van der Waals surface area contributed by atoms with Gasteiger partial charge in [0.1, 0.15) is 9.66 Å². The van der Waals surface area contributed by atoms with Crippen molar-refractivity contribution in [3.63, 3.8) is 0 Å². The van der Waals surface area contributed by atoms with Crippen LogP contribution in [0.2, 0.25) is 0 Å². The van der Waals surface area contributed by atoms with E-state index in [0.717, 1.165) is 45.6 Å². The zero-order valence-corrected chi connectivity index (χ0v) is 19.3. The molecule has 1 unspecified atom stereocenters. The minimum Gasteiger partial charge on any atom is -0.352 e. The van der Waals surface area contributed by atoms with Gasteiger partial charge in [0.25, 0.3) is 11.8 Å². The number of piperazine rings is 1. The summed E-state index contributed by atoms with van der Waals surface area (Å²) in [4.78, 5) is 45.6. The van der Waals surface area contributed by atoms with Gasteiger partial charge in [0.05, 0.1) is 16.8 Å². The first-order valence-electron chi connectivity index (χ1n) is 11.1. The summed E-state index contributed by atoms with van der Waals surface area (Å²) < 4.78 is 0. The van der Waals surface area contributed by atoms with Gasteiger partial charge in [-0.1, -0.05) is 0 Å². The number of anilines is 1. The van der Waals surface area contributed by atoms with Gasteiger partial charge in [-0.3, -0.25) is 19.8 Å². The summed E-state index contributed by atoms with van der Waals surface area (Å²) in [5, 5.41) is 8.18. The number of hydrogen-bond donors (Lipinski definition) is 2. The smallest absolute Gasteiger partial charge is 0.261 e. The van der Waals surface area contributed by atoms with Crippen LogP contribution in [0.25, 0.3) is 31.6 Å². The van der Waals surface area contributed by atoms with Crippen molar-refractivity contribution in [2.24, 2.45) is 0 Å². The molecule has 3 aliphatic rings. The summed E-state index contributed by atoms with van der Waals surface area (Å²) >= 11 is 3.10. The maximum absolute atomic E-state index is 13.1. The van der Waals surface area contributed by atoms with Crippen LogP contribution in [0.4, 0.5) is 5.95 Å². The number of imide groups is 1. The highest BCUT2D eigenvalue weighted by Crippen LogP contribution is 2.39. The number of rotatable bonds is 3. The molecule has 0 spiro atoms. The second-order valence-electron chi connectivity index (χ2n) is 8.69. The Labute approximate surface area is 196 Å². The van der Waals surface area contributed by atoms with Crippen LogP contribution < -0.4 is 10.2 Å². The summed E-state index contributed by atoms with van der Waals surface area (Å²) in [6, 6.07) is 4.44. The van der Waals surface area contributed by atoms with E-state index in [4.69, 9.17) is 9.97 Å². The van der Waals surface area contributed by atoms with Crippen molar-refractivity contribution in [3.05, 3.63) is 40.3 Å². The van der Waals surface area contributed by atoms with Crippen LogP contribution in [0.1, 0.15) is 24.1 Å². The van der Waals surface area contributed by atoms with Gasteiger partial charge < -0.3 is 9.88 Å². The Kier molecular flexibility index (Phi) is 4.24. The molecule has 0 aliphatic carbocycles. The predicted molar refractivity (Wildman–Crippen MR) is 130 cm³/mol. The number of carbonyl (C=O) groups excluding carboxylic acids is 2. The molecule has 0 saturated carbocycles. The SMILES string of the molecule is O=C1NC(=O)C(c2c[nH]c3sccc23)=C1c1nc(N2CCN3CCCC3C2)nc2sccc12. The lowest BCUT2D eigenvalue weighted by molar-refractivity contribution is -0.122. The van der Waals surface area contributed by atoms with E-state index < -0.39 is 5.91 Å². The summed E-state index contributed by atoms with van der Waals surface area (Å²) in [6.07, 6.45) is 4.24. The van der Waals surface area contributed by atoms with Gasteiger partial charge in [0, 0.05) is 48.2 Å². The van der Waals surface area contributed by atoms with Crippen LogP contribution in [0, 0.1) is 0 Å². The maximum Gasteiger partial charge on any atom is 0.261 e. The van der Waals surface area contributed by atoms with E-state index in [1.807, 2.05) is 22.9 Å². The van der Waals surface area contributed by atoms with Gasteiger partial charge in [-0.05, 0) is 42.3 Å². The number of aromatic amines is 1. The molecule has 1 atom stereocenters. The number of carbonyl (C=O) groups is 2. The average molecular weight is 477 g/mol. The highest BCUT2D eigenvalue weighted by atomic mass is 32.1. The molecule has 33 heavy (non-hydrogen) atoms. The molecule has 8 nitrogen and oxygen atoms in total. The zero-order valence-electron chi connectivity index (χ0n) is 17.6.